The van der Waals surface area contributed by atoms with Gasteiger partial charge in [-0.2, -0.15) is 5.48 Å². The number of hydrogen-bond acceptors (Lipinski definition) is 7. The first kappa shape index (κ1) is 20.2. The first-order valence-electron chi connectivity index (χ1n) is 8.74. The van der Waals surface area contributed by atoms with E-state index in [1.54, 1.807) is 51.2 Å². The first-order chi connectivity index (χ1) is 13.8. The maximum Gasteiger partial charge on any atom is 0.441 e. The van der Waals surface area contributed by atoms with Crippen LogP contribution in [-0.2, 0) is 4.74 Å². The highest BCUT2D eigenvalue weighted by Gasteiger charge is 2.16. The number of aromatic nitrogens is 2. The fraction of sp³-hybridized carbons (Fsp3) is 0.190. The lowest BCUT2D eigenvalue weighted by Gasteiger charge is -2.19. The molecule has 0 spiro atoms. The second-order valence-electron chi connectivity index (χ2n) is 6.96. The van der Waals surface area contributed by atoms with Gasteiger partial charge in [-0.3, -0.25) is 0 Å². The second kappa shape index (κ2) is 8.63. The average Bonchev–Trinajstić information content (AvgIpc) is 3.05. The number of amides is 1. The summed E-state index contributed by atoms with van der Waals surface area (Å²) in [7, 11) is 0. The molecule has 0 unspecified atom stereocenters. The summed E-state index contributed by atoms with van der Waals surface area (Å²) in [6.07, 6.45) is 4.54. The zero-order valence-electron chi connectivity index (χ0n) is 16.2. The van der Waals surface area contributed by atoms with E-state index in [9.17, 15) is 4.79 Å². The minimum atomic E-state index is -0.652. The van der Waals surface area contributed by atoms with Gasteiger partial charge in [-0.05, 0) is 57.2 Å². The summed E-state index contributed by atoms with van der Waals surface area (Å²) < 4.78 is 6.05. The number of anilines is 1. The average molecular weight is 408 g/mol. The van der Waals surface area contributed by atoms with Gasteiger partial charge in [0.05, 0.1) is 10.2 Å². The quantitative estimate of drug-likeness (QED) is 0.499. The number of carbonyl (C=O) groups is 1. The number of nitrogens with zero attached hydrogens (tertiary/aromatic N) is 2. The van der Waals surface area contributed by atoms with E-state index in [1.165, 1.54) is 11.3 Å². The Morgan fingerprint density at radius 1 is 1.28 bits per heavy atom. The van der Waals surface area contributed by atoms with Crippen LogP contribution in [0.15, 0.2) is 42.6 Å². The van der Waals surface area contributed by atoms with Gasteiger partial charge in [0.2, 0.25) is 0 Å². The molecule has 2 heterocycles. The summed E-state index contributed by atoms with van der Waals surface area (Å²) in [6, 6.07) is 8.86. The molecule has 1 amide bonds. The Labute approximate surface area is 172 Å². The molecular weight excluding hydrogens is 388 g/mol. The molecule has 7 nitrogen and oxygen atoms in total. The van der Waals surface area contributed by atoms with Gasteiger partial charge in [0.15, 0.2) is 5.75 Å². The smallest absolute Gasteiger partial charge is 0.441 e. The number of nitrogens with two attached hydrogens (primary N) is 1. The van der Waals surface area contributed by atoms with Crippen LogP contribution in [-0.4, -0.2) is 21.7 Å². The molecule has 0 saturated heterocycles. The molecule has 0 fully saturated rings. The zero-order chi connectivity index (χ0) is 20.9. The molecule has 0 atom stereocenters. The first-order valence-corrected chi connectivity index (χ1v) is 9.56. The molecule has 8 heteroatoms. The number of carbonyl (C=O) groups excluding carboxylic acids is 1. The summed E-state index contributed by atoms with van der Waals surface area (Å²) in [4.78, 5) is 25.5. The highest BCUT2D eigenvalue weighted by atomic mass is 32.1. The minimum Gasteiger partial charge on any atom is -0.442 e. The maximum absolute atomic E-state index is 11.7. The maximum atomic E-state index is 11.7. The Bertz CT molecular complexity index is 1100. The zero-order valence-corrected chi connectivity index (χ0v) is 17.0. The van der Waals surface area contributed by atoms with Crippen molar-refractivity contribution < 1.29 is 14.4 Å². The van der Waals surface area contributed by atoms with E-state index in [2.05, 4.69) is 27.3 Å². The van der Waals surface area contributed by atoms with Crippen molar-refractivity contribution in [2.45, 2.75) is 26.4 Å². The number of pyridine rings is 1. The molecule has 0 radical (unpaired) electrons. The fourth-order valence-electron chi connectivity index (χ4n) is 2.17. The summed E-state index contributed by atoms with van der Waals surface area (Å²) in [6.45, 7) is 5.34. The molecule has 0 aliphatic carbocycles. The van der Waals surface area contributed by atoms with Crippen LogP contribution in [0.5, 0.6) is 5.75 Å². The van der Waals surface area contributed by atoms with Gasteiger partial charge in [0.1, 0.15) is 16.4 Å². The Morgan fingerprint density at radius 2 is 2.10 bits per heavy atom. The highest BCUT2D eigenvalue weighted by Crippen LogP contribution is 2.26. The van der Waals surface area contributed by atoms with Crippen LogP contribution in [0, 0.1) is 11.8 Å². The van der Waals surface area contributed by atoms with Crippen LogP contribution in [0.2, 0.25) is 0 Å². The van der Waals surface area contributed by atoms with Gasteiger partial charge in [-0.1, -0.05) is 11.8 Å². The van der Waals surface area contributed by atoms with E-state index < -0.39 is 11.7 Å². The van der Waals surface area contributed by atoms with Crippen molar-refractivity contribution in [3.8, 4) is 17.6 Å². The molecule has 3 rings (SSSR count). The van der Waals surface area contributed by atoms with Gasteiger partial charge in [-0.25, -0.2) is 14.8 Å². The fourth-order valence-corrected chi connectivity index (χ4v) is 3.07. The lowest BCUT2D eigenvalue weighted by molar-refractivity contribution is 0.0288. The predicted octanol–water partition coefficient (Wildman–Crippen LogP) is 4.16. The topological polar surface area (TPSA) is 99.4 Å². The van der Waals surface area contributed by atoms with Gasteiger partial charge in [-0.15, -0.1) is 11.3 Å². The molecule has 1 aromatic carbocycles. The van der Waals surface area contributed by atoms with E-state index in [1.807, 2.05) is 18.2 Å². The number of hydrogen-bond donors (Lipinski definition) is 2. The molecule has 0 aliphatic rings. The van der Waals surface area contributed by atoms with E-state index in [0.717, 1.165) is 20.8 Å². The number of nitrogens with one attached hydrogen (secondary N) is 1. The molecule has 148 valence electrons. The SMILES string of the molecule is CC(C)(C)OC(=O)NOc1ccc2nc(/C=C/C#Cc3ccc(N)nc3)sc2c1. The Morgan fingerprint density at radius 3 is 2.83 bits per heavy atom. The monoisotopic (exact) mass is 408 g/mol. The summed E-state index contributed by atoms with van der Waals surface area (Å²) in [5.74, 6) is 6.87. The third-order valence-corrected chi connectivity index (χ3v) is 4.32. The lowest BCUT2D eigenvalue weighted by Crippen LogP contribution is -2.34. The van der Waals surface area contributed by atoms with Crippen molar-refractivity contribution in [3.63, 3.8) is 0 Å². The van der Waals surface area contributed by atoms with Crippen LogP contribution in [0.3, 0.4) is 0 Å². The molecule has 3 N–H and O–H groups in total. The Kier molecular flexibility index (Phi) is 6.00. The molecule has 0 aliphatic heterocycles. The second-order valence-corrected chi connectivity index (χ2v) is 8.02. The van der Waals surface area contributed by atoms with E-state index in [0.29, 0.717) is 11.6 Å². The minimum absolute atomic E-state index is 0.463. The van der Waals surface area contributed by atoms with Gasteiger partial charge >= 0.3 is 6.09 Å². The van der Waals surface area contributed by atoms with Crippen molar-refractivity contribution >= 4 is 39.5 Å². The number of benzene rings is 1. The molecular formula is C21H20N4O3S. The number of nitrogen functional groups attached to an aromatic ring is 1. The highest BCUT2D eigenvalue weighted by molar-refractivity contribution is 7.19. The van der Waals surface area contributed by atoms with Crippen LogP contribution < -0.4 is 16.1 Å². The number of thiazole rings is 1. The van der Waals surface area contributed by atoms with Crippen molar-refractivity contribution in [2.24, 2.45) is 0 Å². The van der Waals surface area contributed by atoms with Crippen molar-refractivity contribution in [1.29, 1.82) is 0 Å². The standard InChI is InChI=1S/C21H20N4O3S/c1-21(2,3)27-20(26)25-28-15-9-10-16-17(12-15)29-19(24-16)7-5-4-6-14-8-11-18(22)23-13-14/h5,7-13H,1-3H3,(H2,22,23)(H,25,26)/b7-5+. The predicted molar refractivity (Wildman–Crippen MR) is 114 cm³/mol. The number of rotatable bonds is 3. The number of ether oxygens (including phenoxy) is 1. The molecule has 3 aromatic rings. The summed E-state index contributed by atoms with van der Waals surface area (Å²) in [5.41, 5.74) is 8.83. The third-order valence-electron chi connectivity index (χ3n) is 3.34. The van der Waals surface area contributed by atoms with Gasteiger partial charge in [0.25, 0.3) is 0 Å². The van der Waals surface area contributed by atoms with E-state index >= 15 is 0 Å². The number of fused-ring (bicyclic) bond motifs is 1. The lowest BCUT2D eigenvalue weighted by atomic mass is 10.2. The van der Waals surface area contributed by atoms with Gasteiger partial charge < -0.3 is 15.3 Å². The largest absolute Gasteiger partial charge is 0.442 e. The van der Waals surface area contributed by atoms with Crippen molar-refractivity contribution in [1.82, 2.24) is 15.4 Å². The van der Waals surface area contributed by atoms with Crippen molar-refractivity contribution in [3.05, 3.63) is 53.2 Å². The normalized spacial score (nSPS) is 11.1. The third kappa shape index (κ3) is 6.23. The molecule has 0 bridgehead atoms. The molecule has 29 heavy (non-hydrogen) atoms. The Balaban J connectivity index is 1.63. The number of allylic oxidation sites excluding steroid dienone is 1. The van der Waals surface area contributed by atoms with Crippen LogP contribution >= 0.6 is 11.3 Å². The number of hydroxylamine groups is 1. The Hall–Kier alpha value is -3.57. The summed E-state index contributed by atoms with van der Waals surface area (Å²) in [5, 5.41) is 0.807. The van der Waals surface area contributed by atoms with Crippen molar-refractivity contribution in [2.75, 3.05) is 5.73 Å². The van der Waals surface area contributed by atoms with E-state index in [4.69, 9.17) is 15.3 Å². The summed E-state index contributed by atoms with van der Waals surface area (Å²) >= 11 is 1.49. The van der Waals surface area contributed by atoms with Gasteiger partial charge in [0, 0.05) is 17.8 Å². The van der Waals surface area contributed by atoms with Crippen LogP contribution in [0.4, 0.5) is 10.6 Å². The molecule has 2 aromatic heterocycles. The van der Waals surface area contributed by atoms with Crippen LogP contribution in [0.25, 0.3) is 16.3 Å². The van der Waals surface area contributed by atoms with E-state index in [-0.39, 0.29) is 0 Å². The van der Waals surface area contributed by atoms with Crippen LogP contribution in [0.1, 0.15) is 31.3 Å². The molecule has 0 saturated carbocycles.